The van der Waals surface area contributed by atoms with Crippen molar-refractivity contribution in [2.45, 2.75) is 25.7 Å². The minimum atomic E-state index is 0.769. The Labute approximate surface area is 147 Å². The van der Waals surface area contributed by atoms with Crippen molar-refractivity contribution in [2.75, 3.05) is 31.3 Å². The van der Waals surface area contributed by atoms with Gasteiger partial charge in [-0.2, -0.15) is 9.89 Å². The van der Waals surface area contributed by atoms with Crippen molar-refractivity contribution in [3.05, 3.63) is 52.3 Å². The highest BCUT2D eigenvalue weighted by Gasteiger charge is 2.22. The van der Waals surface area contributed by atoms with E-state index in [1.54, 1.807) is 0 Å². The fourth-order valence-corrected chi connectivity index (χ4v) is 3.62. The van der Waals surface area contributed by atoms with Crippen molar-refractivity contribution in [1.29, 1.82) is 0 Å². The molecule has 0 saturated carbocycles. The Morgan fingerprint density at radius 3 is 2.58 bits per heavy atom. The normalized spacial score (nSPS) is 20.0. The van der Waals surface area contributed by atoms with Crippen molar-refractivity contribution < 1.29 is 4.74 Å². The second-order valence-electron chi connectivity index (χ2n) is 6.40. The van der Waals surface area contributed by atoms with Crippen molar-refractivity contribution in [1.82, 2.24) is 9.89 Å². The fourth-order valence-electron chi connectivity index (χ4n) is 3.50. The van der Waals surface area contributed by atoms with Crippen LogP contribution in [0.15, 0.2) is 30.5 Å². The standard InChI is InChI=1S/C19H22ClN3O/c20-18-7-5-15(6-8-18)13-16-3-1-2-4-17-14-21-23(19(16)17)22-9-11-24-12-10-22/h5-8,13-14H,1-4,9-12H2/b16-13+. The summed E-state index contributed by atoms with van der Waals surface area (Å²) in [5, 5.41) is 7.76. The molecule has 0 atom stereocenters. The number of ether oxygens (including phenoxy) is 1. The molecule has 1 saturated heterocycles. The van der Waals surface area contributed by atoms with Crippen LogP contribution in [-0.2, 0) is 11.2 Å². The molecular weight excluding hydrogens is 322 g/mol. The average molecular weight is 344 g/mol. The van der Waals surface area contributed by atoms with Gasteiger partial charge in [0.2, 0.25) is 0 Å². The smallest absolute Gasteiger partial charge is 0.0912 e. The van der Waals surface area contributed by atoms with Gasteiger partial charge in [0.25, 0.3) is 0 Å². The van der Waals surface area contributed by atoms with Gasteiger partial charge in [-0.3, -0.25) is 5.01 Å². The SMILES string of the molecule is Clc1ccc(/C=C2\CCCCc3cnn(N4CCOCC4)c32)cc1. The third-order valence-electron chi connectivity index (χ3n) is 4.74. The number of halogens is 1. The largest absolute Gasteiger partial charge is 0.378 e. The van der Waals surface area contributed by atoms with Crippen LogP contribution in [0.25, 0.3) is 11.6 Å². The van der Waals surface area contributed by atoms with Gasteiger partial charge >= 0.3 is 0 Å². The first-order valence-corrected chi connectivity index (χ1v) is 9.05. The Morgan fingerprint density at radius 1 is 1.04 bits per heavy atom. The van der Waals surface area contributed by atoms with Gasteiger partial charge in [-0.1, -0.05) is 23.7 Å². The zero-order chi connectivity index (χ0) is 16.4. The lowest BCUT2D eigenvalue weighted by atomic mass is 10.0. The molecule has 0 radical (unpaired) electrons. The van der Waals surface area contributed by atoms with E-state index in [1.807, 2.05) is 18.3 Å². The number of hydrogen-bond acceptors (Lipinski definition) is 3. The summed E-state index contributed by atoms with van der Waals surface area (Å²) in [4.78, 5) is 2.12. The van der Waals surface area contributed by atoms with Crippen LogP contribution < -0.4 is 5.01 Å². The number of benzene rings is 1. The third-order valence-corrected chi connectivity index (χ3v) is 4.99. The van der Waals surface area contributed by atoms with E-state index in [9.17, 15) is 0 Å². The van der Waals surface area contributed by atoms with Gasteiger partial charge in [0.05, 0.1) is 38.2 Å². The Balaban J connectivity index is 1.74. The topological polar surface area (TPSA) is 30.3 Å². The van der Waals surface area contributed by atoms with Gasteiger partial charge < -0.3 is 4.74 Å². The van der Waals surface area contributed by atoms with Crippen LogP contribution in [-0.4, -0.2) is 36.2 Å². The predicted octanol–water partition coefficient (Wildman–Crippen LogP) is 3.77. The van der Waals surface area contributed by atoms with Crippen LogP contribution in [0.1, 0.15) is 36.1 Å². The van der Waals surface area contributed by atoms with Gasteiger partial charge in [-0.25, -0.2) is 0 Å². The molecule has 126 valence electrons. The summed E-state index contributed by atoms with van der Waals surface area (Å²) in [6.45, 7) is 3.32. The lowest BCUT2D eigenvalue weighted by Crippen LogP contribution is -2.45. The molecule has 1 aliphatic heterocycles. The van der Waals surface area contributed by atoms with Gasteiger partial charge in [-0.15, -0.1) is 0 Å². The van der Waals surface area contributed by atoms with E-state index in [0.29, 0.717) is 0 Å². The molecule has 2 aliphatic rings. The summed E-state index contributed by atoms with van der Waals surface area (Å²) in [5.41, 5.74) is 5.20. The van der Waals surface area contributed by atoms with Gasteiger partial charge in [-0.05, 0) is 60.6 Å². The Bertz CT molecular complexity index is 730. The van der Waals surface area contributed by atoms with Crippen molar-refractivity contribution in [3.8, 4) is 0 Å². The number of hydrogen-bond donors (Lipinski definition) is 0. The van der Waals surface area contributed by atoms with Gasteiger partial charge in [0.1, 0.15) is 0 Å². The zero-order valence-corrected chi connectivity index (χ0v) is 14.5. The minimum absolute atomic E-state index is 0.769. The van der Waals surface area contributed by atoms with Crippen molar-refractivity contribution in [2.24, 2.45) is 0 Å². The van der Waals surface area contributed by atoms with E-state index < -0.39 is 0 Å². The van der Waals surface area contributed by atoms with E-state index in [2.05, 4.69) is 28.0 Å². The molecule has 2 heterocycles. The highest BCUT2D eigenvalue weighted by atomic mass is 35.5. The molecular formula is C19H22ClN3O. The van der Waals surface area contributed by atoms with E-state index in [4.69, 9.17) is 21.4 Å². The first kappa shape index (κ1) is 15.7. The van der Waals surface area contributed by atoms with Crippen molar-refractivity contribution >= 4 is 23.3 Å². The van der Waals surface area contributed by atoms with E-state index in [0.717, 1.165) is 44.2 Å². The lowest BCUT2D eigenvalue weighted by Gasteiger charge is -2.30. The van der Waals surface area contributed by atoms with E-state index in [1.165, 1.54) is 35.2 Å². The summed E-state index contributed by atoms with van der Waals surface area (Å²) in [6, 6.07) is 8.06. The number of rotatable bonds is 2. The van der Waals surface area contributed by atoms with E-state index in [-0.39, 0.29) is 0 Å². The Morgan fingerprint density at radius 2 is 1.79 bits per heavy atom. The molecule has 0 amide bonds. The summed E-state index contributed by atoms with van der Waals surface area (Å²) >= 11 is 6.02. The minimum Gasteiger partial charge on any atom is -0.378 e. The molecule has 2 aromatic rings. The molecule has 1 fully saturated rings. The molecule has 5 heteroatoms. The second kappa shape index (κ2) is 6.99. The lowest BCUT2D eigenvalue weighted by molar-refractivity contribution is 0.109. The molecule has 1 aromatic carbocycles. The van der Waals surface area contributed by atoms with E-state index >= 15 is 0 Å². The summed E-state index contributed by atoms with van der Waals surface area (Å²) < 4.78 is 5.49. The van der Waals surface area contributed by atoms with Crippen LogP contribution in [0.5, 0.6) is 0 Å². The van der Waals surface area contributed by atoms with Crippen LogP contribution in [0.3, 0.4) is 0 Å². The third kappa shape index (κ3) is 3.21. The number of allylic oxidation sites excluding steroid dienone is 1. The predicted molar refractivity (Wildman–Crippen MR) is 97.9 cm³/mol. The molecule has 1 aliphatic carbocycles. The molecule has 24 heavy (non-hydrogen) atoms. The Hall–Kier alpha value is -1.78. The average Bonchev–Trinajstić information content (AvgIpc) is 2.94. The number of nitrogens with zero attached hydrogens (tertiary/aromatic N) is 3. The molecule has 4 rings (SSSR count). The van der Waals surface area contributed by atoms with Crippen LogP contribution >= 0.6 is 11.6 Å². The fraction of sp³-hybridized carbons (Fsp3) is 0.421. The summed E-state index contributed by atoms with van der Waals surface area (Å²) in [5.74, 6) is 0. The van der Waals surface area contributed by atoms with Crippen molar-refractivity contribution in [3.63, 3.8) is 0 Å². The molecule has 0 bridgehead atoms. The molecule has 4 nitrogen and oxygen atoms in total. The maximum absolute atomic E-state index is 6.02. The maximum atomic E-state index is 6.02. The van der Waals surface area contributed by atoms with Crippen LogP contribution in [0.2, 0.25) is 5.02 Å². The van der Waals surface area contributed by atoms with Crippen LogP contribution in [0, 0.1) is 0 Å². The van der Waals surface area contributed by atoms with Crippen LogP contribution in [0.4, 0.5) is 0 Å². The zero-order valence-electron chi connectivity index (χ0n) is 13.7. The maximum Gasteiger partial charge on any atom is 0.0912 e. The number of aromatic nitrogens is 2. The molecule has 0 spiro atoms. The quantitative estimate of drug-likeness (QED) is 0.777. The number of aryl methyl sites for hydroxylation is 1. The highest BCUT2D eigenvalue weighted by Crippen LogP contribution is 2.31. The Kier molecular flexibility index (Phi) is 4.58. The molecule has 0 N–H and O–H groups in total. The number of fused-ring (bicyclic) bond motifs is 1. The first-order chi connectivity index (χ1) is 11.8. The van der Waals surface area contributed by atoms with Gasteiger partial charge in [0, 0.05) is 5.02 Å². The van der Waals surface area contributed by atoms with Gasteiger partial charge in [0.15, 0.2) is 0 Å². The molecule has 1 aromatic heterocycles. The summed E-state index contributed by atoms with van der Waals surface area (Å²) in [6.07, 6.45) is 8.98. The monoisotopic (exact) mass is 343 g/mol. The highest BCUT2D eigenvalue weighted by molar-refractivity contribution is 6.30. The summed E-state index contributed by atoms with van der Waals surface area (Å²) in [7, 11) is 0. The second-order valence-corrected chi connectivity index (χ2v) is 6.84. The number of morpholine rings is 1. The first-order valence-electron chi connectivity index (χ1n) is 8.68. The molecule has 0 unspecified atom stereocenters.